The van der Waals surface area contributed by atoms with Crippen LogP contribution < -0.4 is 10.6 Å². The third-order valence-corrected chi connectivity index (χ3v) is 4.39. The van der Waals surface area contributed by atoms with Gasteiger partial charge in [-0.25, -0.2) is 4.79 Å². The third-order valence-electron chi connectivity index (χ3n) is 4.39. The summed E-state index contributed by atoms with van der Waals surface area (Å²) in [6.07, 6.45) is 0.661. The molecule has 1 aliphatic heterocycles. The van der Waals surface area contributed by atoms with Crippen LogP contribution >= 0.6 is 0 Å². The number of benzene rings is 1. The van der Waals surface area contributed by atoms with Crippen LogP contribution in [-0.2, 0) is 4.79 Å². The number of piperazine rings is 1. The van der Waals surface area contributed by atoms with E-state index in [1.54, 1.807) is 29.2 Å². The highest BCUT2D eigenvalue weighted by atomic mass is 16.3. The van der Waals surface area contributed by atoms with Gasteiger partial charge in [0, 0.05) is 57.1 Å². The molecule has 1 saturated heterocycles. The molecule has 3 amide bonds. The van der Waals surface area contributed by atoms with Gasteiger partial charge in [-0.3, -0.25) is 9.69 Å². The van der Waals surface area contributed by atoms with Gasteiger partial charge in [-0.15, -0.1) is 0 Å². The van der Waals surface area contributed by atoms with Gasteiger partial charge in [-0.2, -0.15) is 0 Å². The SMILES string of the molecule is CC(=O)Nc1cccc(NC(=O)N2CCN(CC(C)C)C(CCO)C2)c1. The zero-order chi connectivity index (χ0) is 19.1. The highest BCUT2D eigenvalue weighted by Gasteiger charge is 2.29. The molecular formula is C19H30N4O3. The Hall–Kier alpha value is -2.12. The fourth-order valence-electron chi connectivity index (χ4n) is 3.29. The summed E-state index contributed by atoms with van der Waals surface area (Å²) >= 11 is 0. The molecule has 1 fully saturated rings. The third kappa shape index (κ3) is 6.00. The lowest BCUT2D eigenvalue weighted by Crippen LogP contribution is -2.56. The second kappa shape index (κ2) is 9.54. The Morgan fingerprint density at radius 3 is 2.54 bits per heavy atom. The van der Waals surface area contributed by atoms with Crippen LogP contribution in [0.5, 0.6) is 0 Å². The zero-order valence-corrected chi connectivity index (χ0v) is 15.9. The molecular weight excluding hydrogens is 332 g/mol. The molecule has 0 spiro atoms. The molecule has 0 bridgehead atoms. The van der Waals surface area contributed by atoms with Crippen molar-refractivity contribution in [3.63, 3.8) is 0 Å². The summed E-state index contributed by atoms with van der Waals surface area (Å²) in [7, 11) is 0. The van der Waals surface area contributed by atoms with E-state index in [0.29, 0.717) is 36.8 Å². The number of carbonyl (C=O) groups is 2. The van der Waals surface area contributed by atoms with E-state index in [9.17, 15) is 14.7 Å². The van der Waals surface area contributed by atoms with Gasteiger partial charge in [0.2, 0.25) is 5.91 Å². The van der Waals surface area contributed by atoms with Crippen LogP contribution in [0, 0.1) is 5.92 Å². The van der Waals surface area contributed by atoms with Crippen molar-refractivity contribution in [3.8, 4) is 0 Å². The Morgan fingerprint density at radius 1 is 1.23 bits per heavy atom. The van der Waals surface area contributed by atoms with Gasteiger partial charge in [0.05, 0.1) is 0 Å². The van der Waals surface area contributed by atoms with Crippen LogP contribution in [0.15, 0.2) is 24.3 Å². The molecule has 1 aromatic carbocycles. The molecule has 7 nitrogen and oxygen atoms in total. The Bertz CT molecular complexity index is 621. The molecule has 0 aromatic heterocycles. The summed E-state index contributed by atoms with van der Waals surface area (Å²) in [4.78, 5) is 28.0. The number of hydrogen-bond acceptors (Lipinski definition) is 4. The molecule has 1 aromatic rings. The highest BCUT2D eigenvalue weighted by molar-refractivity contribution is 5.92. The van der Waals surface area contributed by atoms with Crippen molar-refractivity contribution in [2.75, 3.05) is 43.4 Å². The van der Waals surface area contributed by atoms with Crippen molar-refractivity contribution >= 4 is 23.3 Å². The normalized spacial score (nSPS) is 18.0. The molecule has 1 aliphatic rings. The summed E-state index contributed by atoms with van der Waals surface area (Å²) in [6.45, 7) is 8.96. The van der Waals surface area contributed by atoms with E-state index in [1.165, 1.54) is 6.92 Å². The minimum atomic E-state index is -0.155. The smallest absolute Gasteiger partial charge is 0.321 e. The average Bonchev–Trinajstić information content (AvgIpc) is 2.56. The van der Waals surface area contributed by atoms with Gasteiger partial charge in [0.1, 0.15) is 0 Å². The molecule has 26 heavy (non-hydrogen) atoms. The predicted molar refractivity (Wildman–Crippen MR) is 103 cm³/mol. The van der Waals surface area contributed by atoms with E-state index in [2.05, 4.69) is 29.4 Å². The molecule has 1 atom stereocenters. The summed E-state index contributed by atoms with van der Waals surface area (Å²) in [5, 5.41) is 15.0. The van der Waals surface area contributed by atoms with Crippen LogP contribution in [0.2, 0.25) is 0 Å². The highest BCUT2D eigenvalue weighted by Crippen LogP contribution is 2.18. The number of rotatable bonds is 6. The molecule has 1 unspecified atom stereocenters. The second-order valence-electron chi connectivity index (χ2n) is 7.19. The maximum Gasteiger partial charge on any atom is 0.321 e. The van der Waals surface area contributed by atoms with E-state index >= 15 is 0 Å². The summed E-state index contributed by atoms with van der Waals surface area (Å²) in [5.74, 6) is 0.398. The lowest BCUT2D eigenvalue weighted by Gasteiger charge is -2.42. The maximum atomic E-state index is 12.6. The number of hydrogen-bond donors (Lipinski definition) is 3. The number of nitrogens with zero attached hydrogens (tertiary/aromatic N) is 2. The molecule has 0 saturated carbocycles. The predicted octanol–water partition coefficient (Wildman–Crippen LogP) is 2.20. The number of amides is 3. The summed E-state index contributed by atoms with van der Waals surface area (Å²) in [6, 6.07) is 7.11. The average molecular weight is 362 g/mol. The van der Waals surface area contributed by atoms with Gasteiger partial charge in [0.25, 0.3) is 0 Å². The first-order valence-corrected chi connectivity index (χ1v) is 9.17. The van der Waals surface area contributed by atoms with Crippen LogP contribution in [0.25, 0.3) is 0 Å². The fraction of sp³-hybridized carbons (Fsp3) is 0.579. The summed E-state index contributed by atoms with van der Waals surface area (Å²) in [5.41, 5.74) is 1.29. The Kier molecular flexibility index (Phi) is 7.41. The van der Waals surface area contributed by atoms with E-state index < -0.39 is 0 Å². The molecule has 0 radical (unpaired) electrons. The van der Waals surface area contributed by atoms with E-state index in [-0.39, 0.29) is 24.6 Å². The Morgan fingerprint density at radius 2 is 1.92 bits per heavy atom. The van der Waals surface area contributed by atoms with Gasteiger partial charge in [0.15, 0.2) is 0 Å². The minimum absolute atomic E-state index is 0.119. The first-order chi connectivity index (χ1) is 12.4. The quantitative estimate of drug-likeness (QED) is 0.724. The van der Waals surface area contributed by atoms with Crippen LogP contribution in [0.3, 0.4) is 0 Å². The van der Waals surface area contributed by atoms with E-state index in [1.807, 2.05) is 0 Å². The van der Waals surface area contributed by atoms with Gasteiger partial charge in [-0.1, -0.05) is 19.9 Å². The second-order valence-corrected chi connectivity index (χ2v) is 7.19. The van der Waals surface area contributed by atoms with E-state index in [4.69, 9.17) is 0 Å². The van der Waals surface area contributed by atoms with Gasteiger partial charge in [-0.05, 0) is 30.5 Å². The van der Waals surface area contributed by atoms with Crippen LogP contribution in [0.1, 0.15) is 27.2 Å². The van der Waals surface area contributed by atoms with Crippen molar-refractivity contribution < 1.29 is 14.7 Å². The van der Waals surface area contributed by atoms with Crippen molar-refractivity contribution in [2.45, 2.75) is 33.2 Å². The van der Waals surface area contributed by atoms with Crippen LogP contribution in [0.4, 0.5) is 16.2 Å². The number of urea groups is 1. The van der Waals surface area contributed by atoms with Crippen molar-refractivity contribution in [3.05, 3.63) is 24.3 Å². The Labute approximate surface area is 155 Å². The molecule has 144 valence electrons. The first kappa shape index (κ1) is 20.2. The first-order valence-electron chi connectivity index (χ1n) is 9.17. The van der Waals surface area contributed by atoms with Gasteiger partial charge < -0.3 is 20.6 Å². The summed E-state index contributed by atoms with van der Waals surface area (Å²) < 4.78 is 0. The van der Waals surface area contributed by atoms with Crippen LogP contribution in [-0.4, -0.2) is 65.7 Å². The Balaban J connectivity index is 1.98. The molecule has 2 rings (SSSR count). The monoisotopic (exact) mass is 362 g/mol. The largest absolute Gasteiger partial charge is 0.396 e. The molecule has 1 heterocycles. The lowest BCUT2D eigenvalue weighted by atomic mass is 10.1. The van der Waals surface area contributed by atoms with E-state index in [0.717, 1.165) is 13.1 Å². The van der Waals surface area contributed by atoms with Crippen molar-refractivity contribution in [1.29, 1.82) is 0 Å². The topological polar surface area (TPSA) is 84.9 Å². The standard InChI is InChI=1S/C19H30N4O3/c1-14(2)12-22-8-9-23(13-18(22)7-10-24)19(26)21-17-6-4-5-16(11-17)20-15(3)25/h4-6,11,14,18,24H,7-10,12-13H2,1-3H3,(H,20,25)(H,21,26). The zero-order valence-electron chi connectivity index (χ0n) is 15.9. The molecule has 7 heteroatoms. The number of aliphatic hydroxyl groups is 1. The molecule has 3 N–H and O–H groups in total. The molecule has 0 aliphatic carbocycles. The number of nitrogens with one attached hydrogen (secondary N) is 2. The fourth-order valence-corrected chi connectivity index (χ4v) is 3.29. The van der Waals surface area contributed by atoms with Gasteiger partial charge >= 0.3 is 6.03 Å². The number of aliphatic hydroxyl groups excluding tert-OH is 1. The van der Waals surface area contributed by atoms with Crippen molar-refractivity contribution in [1.82, 2.24) is 9.80 Å². The number of carbonyl (C=O) groups excluding carboxylic acids is 2. The number of anilines is 2. The maximum absolute atomic E-state index is 12.6. The lowest BCUT2D eigenvalue weighted by molar-refractivity contribution is -0.114. The van der Waals surface area contributed by atoms with Crippen molar-refractivity contribution in [2.24, 2.45) is 5.92 Å². The minimum Gasteiger partial charge on any atom is -0.396 e.